The second-order valence-corrected chi connectivity index (χ2v) is 7.42. The zero-order valence-electron chi connectivity index (χ0n) is 14.0. The molecule has 12 heteroatoms. The van der Waals surface area contributed by atoms with Gasteiger partial charge in [0, 0.05) is 19.1 Å². The van der Waals surface area contributed by atoms with Crippen molar-refractivity contribution < 1.29 is 29.2 Å². The highest BCUT2D eigenvalue weighted by atomic mass is 35.5. The van der Waals surface area contributed by atoms with Crippen LogP contribution in [0.25, 0.3) is 0 Å². The number of nitrogens with zero attached hydrogens (tertiary/aromatic N) is 1. The molecule has 2 N–H and O–H groups in total. The van der Waals surface area contributed by atoms with Crippen molar-refractivity contribution in [3.8, 4) is 0 Å². The SMILES string of the molecule is CC(=O)SCC(=O)OC[C@@H](NC(=O)C(Cl)Cl)[C@H](O)c1ccc([N+](=O)[O-])cc1. The summed E-state index contributed by atoms with van der Waals surface area (Å²) < 4.78 is 4.96. The van der Waals surface area contributed by atoms with Crippen molar-refractivity contribution in [2.45, 2.75) is 23.9 Å². The number of aliphatic hydroxyl groups is 1. The number of halogens is 2. The van der Waals surface area contributed by atoms with Crippen molar-refractivity contribution in [1.29, 1.82) is 0 Å². The number of benzene rings is 1. The van der Waals surface area contributed by atoms with Gasteiger partial charge in [0.25, 0.3) is 11.6 Å². The number of hydrogen-bond acceptors (Lipinski definition) is 8. The molecule has 1 amide bonds. The first kappa shape index (κ1) is 23.2. The van der Waals surface area contributed by atoms with E-state index in [9.17, 15) is 29.6 Å². The lowest BCUT2D eigenvalue weighted by molar-refractivity contribution is -0.384. The Morgan fingerprint density at radius 3 is 2.37 bits per heavy atom. The fourth-order valence-corrected chi connectivity index (χ4v) is 2.40. The average molecular weight is 439 g/mol. The largest absolute Gasteiger partial charge is 0.463 e. The standard InChI is InChI=1S/C15H16Cl2N2O7S/c1-8(20)27-7-12(21)26-6-11(18-15(23)14(16)17)13(22)9-2-4-10(5-3-9)19(24)25/h2-5,11,13-14,22H,6-7H2,1H3,(H,18,23)/t11-,13-/m1/s1. The fraction of sp³-hybridized carbons (Fsp3) is 0.400. The number of nitro benzene ring substituents is 1. The van der Waals surface area contributed by atoms with E-state index in [4.69, 9.17) is 27.9 Å². The molecule has 27 heavy (non-hydrogen) atoms. The number of aliphatic hydroxyl groups excluding tert-OH is 1. The lowest BCUT2D eigenvalue weighted by atomic mass is 10.0. The van der Waals surface area contributed by atoms with Crippen LogP contribution in [0.4, 0.5) is 5.69 Å². The minimum atomic E-state index is -1.42. The summed E-state index contributed by atoms with van der Waals surface area (Å²) in [4.78, 5) is 42.9. The maximum Gasteiger partial charge on any atom is 0.316 e. The van der Waals surface area contributed by atoms with Crippen molar-refractivity contribution >= 4 is 57.6 Å². The van der Waals surface area contributed by atoms with E-state index in [0.717, 1.165) is 11.8 Å². The summed E-state index contributed by atoms with van der Waals surface area (Å²) >= 11 is 11.7. The number of esters is 1. The molecule has 0 fully saturated rings. The lowest BCUT2D eigenvalue weighted by Crippen LogP contribution is -2.45. The number of carbonyl (C=O) groups excluding carboxylic acids is 3. The summed E-state index contributed by atoms with van der Waals surface area (Å²) in [6.07, 6.45) is -1.37. The van der Waals surface area contributed by atoms with Gasteiger partial charge >= 0.3 is 5.97 Å². The van der Waals surface area contributed by atoms with Gasteiger partial charge in [-0.25, -0.2) is 0 Å². The third-order valence-electron chi connectivity index (χ3n) is 3.17. The van der Waals surface area contributed by atoms with E-state index >= 15 is 0 Å². The summed E-state index contributed by atoms with van der Waals surface area (Å²) in [5.74, 6) is -1.77. The summed E-state index contributed by atoms with van der Waals surface area (Å²) in [5.41, 5.74) is 0.0570. The Morgan fingerprint density at radius 2 is 1.89 bits per heavy atom. The van der Waals surface area contributed by atoms with Crippen LogP contribution in [0.15, 0.2) is 24.3 Å². The van der Waals surface area contributed by atoms with Crippen LogP contribution in [0.5, 0.6) is 0 Å². The van der Waals surface area contributed by atoms with Crippen LogP contribution < -0.4 is 5.32 Å². The van der Waals surface area contributed by atoms with Crippen molar-refractivity contribution in [2.24, 2.45) is 0 Å². The average Bonchev–Trinajstić information content (AvgIpc) is 2.62. The number of ether oxygens (including phenoxy) is 1. The molecule has 0 radical (unpaired) electrons. The molecule has 0 saturated heterocycles. The van der Waals surface area contributed by atoms with Gasteiger partial charge in [-0.2, -0.15) is 0 Å². The zero-order valence-corrected chi connectivity index (χ0v) is 16.3. The monoisotopic (exact) mass is 438 g/mol. The Balaban J connectivity index is 2.85. The highest BCUT2D eigenvalue weighted by Crippen LogP contribution is 2.21. The molecule has 0 aliphatic rings. The molecule has 0 heterocycles. The van der Waals surface area contributed by atoms with Crippen LogP contribution in [0.2, 0.25) is 0 Å². The molecule has 0 unspecified atom stereocenters. The van der Waals surface area contributed by atoms with Crippen LogP contribution in [0, 0.1) is 10.1 Å². The summed E-state index contributed by atoms with van der Waals surface area (Å²) in [7, 11) is 0. The first-order valence-corrected chi connectivity index (χ1v) is 9.27. The van der Waals surface area contributed by atoms with Gasteiger partial charge in [-0.15, -0.1) is 0 Å². The van der Waals surface area contributed by atoms with Crippen LogP contribution in [-0.2, 0) is 19.1 Å². The summed E-state index contributed by atoms with van der Waals surface area (Å²) in [6, 6.07) is 3.84. The molecular formula is C15H16Cl2N2O7S. The van der Waals surface area contributed by atoms with Gasteiger partial charge < -0.3 is 15.2 Å². The minimum absolute atomic E-state index is 0.180. The molecule has 0 aliphatic carbocycles. The highest BCUT2D eigenvalue weighted by molar-refractivity contribution is 8.14. The molecule has 148 valence electrons. The molecule has 2 atom stereocenters. The molecule has 0 spiro atoms. The Kier molecular flexibility index (Phi) is 9.50. The molecule has 0 aromatic heterocycles. The van der Waals surface area contributed by atoms with Gasteiger partial charge in [0.1, 0.15) is 12.7 Å². The predicted octanol–water partition coefficient (Wildman–Crippen LogP) is 1.74. The second-order valence-electron chi connectivity index (χ2n) is 5.17. The first-order chi connectivity index (χ1) is 12.6. The van der Waals surface area contributed by atoms with Crippen LogP contribution >= 0.6 is 35.0 Å². The number of nitrogens with one attached hydrogen (secondary N) is 1. The summed E-state index contributed by atoms with van der Waals surface area (Å²) in [6.45, 7) is 0.863. The van der Waals surface area contributed by atoms with Crippen LogP contribution in [-0.4, -0.2) is 50.3 Å². The quantitative estimate of drug-likeness (QED) is 0.257. The topological polar surface area (TPSA) is 136 Å². The maximum atomic E-state index is 11.7. The number of amides is 1. The van der Waals surface area contributed by atoms with Crippen molar-refractivity contribution in [1.82, 2.24) is 5.32 Å². The van der Waals surface area contributed by atoms with E-state index in [-0.39, 0.29) is 22.1 Å². The molecule has 0 bridgehead atoms. The van der Waals surface area contributed by atoms with Crippen LogP contribution in [0.1, 0.15) is 18.6 Å². The maximum absolute atomic E-state index is 11.7. The number of hydrogen-bond donors (Lipinski definition) is 2. The molecule has 0 aliphatic heterocycles. The molecular weight excluding hydrogens is 423 g/mol. The molecule has 1 aromatic carbocycles. The van der Waals surface area contributed by atoms with Crippen molar-refractivity contribution in [3.05, 3.63) is 39.9 Å². The van der Waals surface area contributed by atoms with E-state index in [0.29, 0.717) is 0 Å². The number of thioether (sulfide) groups is 1. The number of rotatable bonds is 9. The zero-order chi connectivity index (χ0) is 20.6. The lowest BCUT2D eigenvalue weighted by Gasteiger charge is -2.24. The molecule has 1 rings (SSSR count). The Morgan fingerprint density at radius 1 is 1.30 bits per heavy atom. The first-order valence-electron chi connectivity index (χ1n) is 7.41. The van der Waals surface area contributed by atoms with E-state index in [1.54, 1.807) is 0 Å². The van der Waals surface area contributed by atoms with Gasteiger partial charge in [-0.3, -0.25) is 24.5 Å². The van der Waals surface area contributed by atoms with Crippen LogP contribution in [0.3, 0.4) is 0 Å². The van der Waals surface area contributed by atoms with E-state index in [2.05, 4.69) is 5.32 Å². The van der Waals surface area contributed by atoms with Gasteiger partial charge in [-0.05, 0) is 17.7 Å². The van der Waals surface area contributed by atoms with Gasteiger partial charge in [0.15, 0.2) is 9.95 Å². The number of carbonyl (C=O) groups is 3. The van der Waals surface area contributed by atoms with Crippen molar-refractivity contribution in [2.75, 3.05) is 12.4 Å². The molecule has 9 nitrogen and oxygen atoms in total. The van der Waals surface area contributed by atoms with E-state index in [1.807, 2.05) is 0 Å². The number of alkyl halides is 2. The number of non-ortho nitro benzene ring substituents is 1. The van der Waals surface area contributed by atoms with E-state index in [1.165, 1.54) is 31.2 Å². The Bertz CT molecular complexity index is 700. The molecule has 1 aromatic rings. The fourth-order valence-electron chi connectivity index (χ4n) is 1.87. The third-order valence-corrected chi connectivity index (χ3v) is 4.35. The Hall–Kier alpha value is -1.88. The van der Waals surface area contributed by atoms with Crippen molar-refractivity contribution in [3.63, 3.8) is 0 Å². The second kappa shape index (κ2) is 11.1. The minimum Gasteiger partial charge on any atom is -0.463 e. The number of nitro groups is 1. The third kappa shape index (κ3) is 8.12. The smallest absolute Gasteiger partial charge is 0.316 e. The van der Waals surface area contributed by atoms with Gasteiger partial charge in [0.05, 0.1) is 16.7 Å². The normalized spacial score (nSPS) is 12.9. The van der Waals surface area contributed by atoms with Gasteiger partial charge in [0.2, 0.25) is 0 Å². The highest BCUT2D eigenvalue weighted by Gasteiger charge is 2.27. The Labute approximate surface area is 168 Å². The summed E-state index contributed by atoms with van der Waals surface area (Å²) in [5, 5.41) is 23.2. The molecule has 0 saturated carbocycles. The predicted molar refractivity (Wildman–Crippen MR) is 99.6 cm³/mol. The van der Waals surface area contributed by atoms with E-state index < -0.39 is 40.4 Å². The van der Waals surface area contributed by atoms with Gasteiger partial charge in [-0.1, -0.05) is 35.0 Å².